The molecule has 2 aromatic rings. The van der Waals surface area contributed by atoms with E-state index in [4.69, 9.17) is 14.6 Å². The number of para-hydroxylation sites is 2. The Labute approximate surface area is 122 Å². The number of thiophene rings is 1. The molecule has 0 atom stereocenters. The monoisotopic (exact) mass is 288 g/mol. The van der Waals surface area contributed by atoms with Gasteiger partial charge in [-0.05, 0) is 23.6 Å². The van der Waals surface area contributed by atoms with Gasteiger partial charge >= 0.3 is 0 Å². The lowest BCUT2D eigenvalue weighted by atomic mass is 10.2. The average molecular weight is 288 g/mol. The number of benzene rings is 1. The van der Waals surface area contributed by atoms with E-state index >= 15 is 0 Å². The van der Waals surface area contributed by atoms with Gasteiger partial charge in [0.25, 0.3) is 0 Å². The standard InChI is InChI=1S/C16H16O3S/c1-18-14-7-2-3-8-15(14)19-12-16-13(9-11-20-16)6-4-5-10-17/h2-3,7-9,11,17H,5,10,12H2,1H3. The summed E-state index contributed by atoms with van der Waals surface area (Å²) < 4.78 is 11.0. The van der Waals surface area contributed by atoms with E-state index in [2.05, 4.69) is 11.8 Å². The smallest absolute Gasteiger partial charge is 0.161 e. The molecule has 0 aliphatic rings. The fourth-order valence-electron chi connectivity index (χ4n) is 1.66. The molecular formula is C16H16O3S. The quantitative estimate of drug-likeness (QED) is 0.859. The molecule has 0 spiro atoms. The van der Waals surface area contributed by atoms with Gasteiger partial charge in [0.05, 0.1) is 18.6 Å². The van der Waals surface area contributed by atoms with Crippen molar-refractivity contribution in [2.24, 2.45) is 0 Å². The van der Waals surface area contributed by atoms with E-state index in [1.807, 2.05) is 35.7 Å². The molecule has 104 valence electrons. The van der Waals surface area contributed by atoms with Crippen LogP contribution in [0.5, 0.6) is 11.5 Å². The Hall–Kier alpha value is -1.96. The van der Waals surface area contributed by atoms with Crippen LogP contribution >= 0.6 is 11.3 Å². The largest absolute Gasteiger partial charge is 0.493 e. The third kappa shape index (κ3) is 3.77. The molecule has 1 aromatic heterocycles. The van der Waals surface area contributed by atoms with Gasteiger partial charge in [-0.2, -0.15) is 0 Å². The molecule has 3 nitrogen and oxygen atoms in total. The van der Waals surface area contributed by atoms with E-state index in [9.17, 15) is 0 Å². The van der Waals surface area contributed by atoms with Crippen molar-refractivity contribution >= 4 is 11.3 Å². The zero-order valence-corrected chi connectivity index (χ0v) is 12.1. The van der Waals surface area contributed by atoms with Crippen LogP contribution in [0.4, 0.5) is 0 Å². The minimum Gasteiger partial charge on any atom is -0.493 e. The number of aliphatic hydroxyl groups is 1. The third-order valence-electron chi connectivity index (χ3n) is 2.63. The first-order valence-corrected chi connectivity index (χ1v) is 7.15. The van der Waals surface area contributed by atoms with E-state index in [0.717, 1.165) is 21.9 Å². The van der Waals surface area contributed by atoms with Crippen LogP contribution < -0.4 is 9.47 Å². The molecule has 0 radical (unpaired) electrons. The molecule has 0 bridgehead atoms. The van der Waals surface area contributed by atoms with Crippen LogP contribution in [0.25, 0.3) is 0 Å². The highest BCUT2D eigenvalue weighted by Crippen LogP contribution is 2.27. The van der Waals surface area contributed by atoms with Crippen LogP contribution in [0.1, 0.15) is 16.9 Å². The van der Waals surface area contributed by atoms with Gasteiger partial charge in [0, 0.05) is 12.0 Å². The van der Waals surface area contributed by atoms with Crippen molar-refractivity contribution in [3.8, 4) is 23.3 Å². The lowest BCUT2D eigenvalue weighted by Gasteiger charge is -2.09. The Morgan fingerprint density at radius 2 is 2.00 bits per heavy atom. The molecule has 2 rings (SSSR count). The van der Waals surface area contributed by atoms with Crippen LogP contribution in [0.3, 0.4) is 0 Å². The predicted octanol–water partition coefficient (Wildman–Crippen LogP) is 3.07. The zero-order chi connectivity index (χ0) is 14.2. The van der Waals surface area contributed by atoms with Gasteiger partial charge in [-0.25, -0.2) is 0 Å². The molecule has 0 aliphatic carbocycles. The number of hydrogen-bond acceptors (Lipinski definition) is 4. The summed E-state index contributed by atoms with van der Waals surface area (Å²) in [7, 11) is 1.62. The van der Waals surface area contributed by atoms with E-state index in [1.54, 1.807) is 18.4 Å². The Balaban J connectivity index is 2.05. The Morgan fingerprint density at radius 3 is 2.75 bits per heavy atom. The highest BCUT2D eigenvalue weighted by atomic mass is 32.1. The van der Waals surface area contributed by atoms with Crippen LogP contribution in [0.2, 0.25) is 0 Å². The lowest BCUT2D eigenvalue weighted by Crippen LogP contribution is -1.97. The minimum absolute atomic E-state index is 0.0875. The maximum Gasteiger partial charge on any atom is 0.161 e. The molecule has 1 aromatic carbocycles. The molecule has 4 heteroatoms. The lowest BCUT2D eigenvalue weighted by molar-refractivity contribution is 0.287. The van der Waals surface area contributed by atoms with Gasteiger partial charge < -0.3 is 14.6 Å². The summed E-state index contributed by atoms with van der Waals surface area (Å²) in [6, 6.07) is 9.53. The van der Waals surface area contributed by atoms with Crippen LogP contribution in [0, 0.1) is 11.8 Å². The Morgan fingerprint density at radius 1 is 1.20 bits per heavy atom. The number of rotatable bonds is 5. The van der Waals surface area contributed by atoms with Crippen LogP contribution in [-0.4, -0.2) is 18.8 Å². The second-order valence-electron chi connectivity index (χ2n) is 3.97. The first-order chi connectivity index (χ1) is 9.85. The highest BCUT2D eigenvalue weighted by Gasteiger charge is 2.06. The van der Waals surface area contributed by atoms with Crippen molar-refractivity contribution < 1.29 is 14.6 Å². The summed E-state index contributed by atoms with van der Waals surface area (Å²) in [6.07, 6.45) is 0.489. The SMILES string of the molecule is COc1ccccc1OCc1sccc1C#CCCO. The molecule has 0 amide bonds. The zero-order valence-electron chi connectivity index (χ0n) is 11.3. The molecule has 20 heavy (non-hydrogen) atoms. The van der Waals surface area contributed by atoms with Crippen LogP contribution in [-0.2, 0) is 6.61 Å². The maximum atomic E-state index is 8.74. The molecule has 1 heterocycles. The van der Waals surface area contributed by atoms with Crippen molar-refractivity contribution in [3.63, 3.8) is 0 Å². The van der Waals surface area contributed by atoms with Crippen molar-refractivity contribution in [2.45, 2.75) is 13.0 Å². The summed E-state index contributed by atoms with van der Waals surface area (Å²) in [5.74, 6) is 7.41. The van der Waals surface area contributed by atoms with Gasteiger partial charge in [-0.15, -0.1) is 11.3 Å². The summed E-state index contributed by atoms with van der Waals surface area (Å²) in [5, 5.41) is 10.7. The van der Waals surface area contributed by atoms with E-state index in [0.29, 0.717) is 13.0 Å². The summed E-state index contributed by atoms with van der Waals surface area (Å²) in [6.45, 7) is 0.547. The van der Waals surface area contributed by atoms with Crippen molar-refractivity contribution in [1.82, 2.24) is 0 Å². The second kappa shape index (κ2) is 7.59. The number of methoxy groups -OCH3 is 1. The average Bonchev–Trinajstić information content (AvgIpc) is 2.93. The van der Waals surface area contributed by atoms with Crippen molar-refractivity contribution in [2.75, 3.05) is 13.7 Å². The molecular weight excluding hydrogens is 272 g/mol. The molecule has 0 saturated carbocycles. The number of aliphatic hydroxyl groups excluding tert-OH is 1. The molecule has 0 saturated heterocycles. The van der Waals surface area contributed by atoms with Gasteiger partial charge in [0.1, 0.15) is 6.61 Å². The minimum atomic E-state index is 0.0875. The van der Waals surface area contributed by atoms with E-state index in [-0.39, 0.29) is 6.61 Å². The molecule has 0 aliphatic heterocycles. The van der Waals surface area contributed by atoms with Crippen LogP contribution in [0.15, 0.2) is 35.7 Å². The van der Waals surface area contributed by atoms with Crippen molar-refractivity contribution in [1.29, 1.82) is 0 Å². The van der Waals surface area contributed by atoms with Gasteiger partial charge in [-0.1, -0.05) is 24.0 Å². The Kier molecular flexibility index (Phi) is 5.48. The highest BCUT2D eigenvalue weighted by molar-refractivity contribution is 7.10. The summed E-state index contributed by atoms with van der Waals surface area (Å²) >= 11 is 1.61. The van der Waals surface area contributed by atoms with Gasteiger partial charge in [0.2, 0.25) is 0 Å². The third-order valence-corrected chi connectivity index (χ3v) is 3.53. The first-order valence-electron chi connectivity index (χ1n) is 6.27. The molecule has 0 unspecified atom stereocenters. The number of hydrogen-bond donors (Lipinski definition) is 1. The molecule has 1 N–H and O–H groups in total. The summed E-state index contributed by atoms with van der Waals surface area (Å²) in [5.41, 5.74) is 0.957. The second-order valence-corrected chi connectivity index (χ2v) is 4.97. The normalized spacial score (nSPS) is 9.70. The predicted molar refractivity (Wildman–Crippen MR) is 80.2 cm³/mol. The van der Waals surface area contributed by atoms with Crippen molar-refractivity contribution in [3.05, 3.63) is 46.2 Å². The summed E-state index contributed by atoms with van der Waals surface area (Å²) in [4.78, 5) is 1.07. The first kappa shape index (κ1) is 14.4. The Bertz CT molecular complexity index is 607. The number of ether oxygens (including phenoxy) is 2. The fourth-order valence-corrected chi connectivity index (χ4v) is 2.40. The van der Waals surface area contributed by atoms with E-state index < -0.39 is 0 Å². The van der Waals surface area contributed by atoms with Gasteiger partial charge in [0.15, 0.2) is 11.5 Å². The molecule has 0 fully saturated rings. The maximum absolute atomic E-state index is 8.74. The van der Waals surface area contributed by atoms with E-state index in [1.165, 1.54) is 0 Å². The fraction of sp³-hybridized carbons (Fsp3) is 0.250. The topological polar surface area (TPSA) is 38.7 Å². The van der Waals surface area contributed by atoms with Gasteiger partial charge in [-0.3, -0.25) is 0 Å².